The second-order valence-corrected chi connectivity index (χ2v) is 21.0. The number of nitrogens with one attached hydrogen (secondary N) is 1. The standard InChI is InChI=1S/C47H71N5O5/c1-29(2)31(5)42(6)21-22-44(8)33-16-17-36-43(7)25-56-27-47(36,34(33)18-20-45(44,9)37(42)41(54)55)24-35(38(43)57-26-46(10,48)30(3)4)52-28-50-39(51-52)40(53)49-23-19-32-14-12-11-13-15-32/h11-15,18,28-31,33,35-38H,16-17,19-27,48H2,1-10H3,(H,49,53)(H,54,55)/t31-,33+,35-,36+,37-,38+,42-,43+,44-,45+,46+,47?/m1/s1. The van der Waals surface area contributed by atoms with Crippen LogP contribution in [0.2, 0.25) is 0 Å². The summed E-state index contributed by atoms with van der Waals surface area (Å²) in [6.45, 7) is 24.5. The predicted molar refractivity (Wildman–Crippen MR) is 222 cm³/mol. The van der Waals surface area contributed by atoms with E-state index in [0.29, 0.717) is 38.2 Å². The summed E-state index contributed by atoms with van der Waals surface area (Å²) < 4.78 is 15.7. The van der Waals surface area contributed by atoms with Crippen molar-refractivity contribution in [1.82, 2.24) is 20.1 Å². The number of carbonyl (C=O) groups is 2. The minimum atomic E-state index is -0.646. The number of ether oxygens (including phenoxy) is 2. The Morgan fingerprint density at radius 1 is 1.05 bits per heavy atom. The van der Waals surface area contributed by atoms with Crippen LogP contribution in [0.5, 0.6) is 0 Å². The van der Waals surface area contributed by atoms with E-state index in [4.69, 9.17) is 20.3 Å². The Bertz CT molecular complexity index is 1840. The summed E-state index contributed by atoms with van der Waals surface area (Å²) in [6.07, 6.45) is 10.1. The zero-order valence-electron chi connectivity index (χ0n) is 36.4. The first-order valence-electron chi connectivity index (χ1n) is 21.9. The quantitative estimate of drug-likeness (QED) is 0.183. The fourth-order valence-corrected chi connectivity index (χ4v) is 13.2. The van der Waals surface area contributed by atoms with Crippen LogP contribution in [0.4, 0.5) is 0 Å². The Morgan fingerprint density at radius 3 is 2.44 bits per heavy atom. The smallest absolute Gasteiger partial charge is 0.307 e. The number of nitrogens with two attached hydrogens (primary N) is 1. The Kier molecular flexibility index (Phi) is 11.0. The van der Waals surface area contributed by atoms with Crippen molar-refractivity contribution in [3.8, 4) is 0 Å². The van der Waals surface area contributed by atoms with Gasteiger partial charge in [0.2, 0.25) is 5.82 Å². The van der Waals surface area contributed by atoms with Gasteiger partial charge in [-0.1, -0.05) is 104 Å². The number of allylic oxidation sites excluding steroid dienone is 1. The van der Waals surface area contributed by atoms with Gasteiger partial charge in [-0.05, 0) is 103 Å². The molecule has 3 saturated carbocycles. The van der Waals surface area contributed by atoms with E-state index < -0.39 is 22.8 Å². The second-order valence-electron chi connectivity index (χ2n) is 21.0. The van der Waals surface area contributed by atoms with Crippen molar-refractivity contribution in [2.45, 2.75) is 132 Å². The molecule has 57 heavy (non-hydrogen) atoms. The van der Waals surface area contributed by atoms with Crippen LogP contribution in [0.15, 0.2) is 48.3 Å². The fraction of sp³-hybridized carbons (Fsp3) is 0.745. The van der Waals surface area contributed by atoms with Crippen molar-refractivity contribution in [2.75, 3.05) is 26.4 Å². The molecule has 0 spiro atoms. The molecule has 314 valence electrons. The van der Waals surface area contributed by atoms with Gasteiger partial charge >= 0.3 is 5.97 Å². The van der Waals surface area contributed by atoms with Crippen molar-refractivity contribution < 1.29 is 24.2 Å². The third-order valence-corrected chi connectivity index (χ3v) is 17.6. The average molecular weight is 786 g/mol. The van der Waals surface area contributed by atoms with E-state index in [-0.39, 0.29) is 63.3 Å². The number of carbonyl (C=O) groups excluding carboxylic acids is 1. The molecule has 1 saturated heterocycles. The maximum atomic E-state index is 13.6. The summed E-state index contributed by atoms with van der Waals surface area (Å²) >= 11 is 0. The summed E-state index contributed by atoms with van der Waals surface area (Å²) in [4.78, 5) is 31.6. The monoisotopic (exact) mass is 786 g/mol. The number of hydrogen-bond donors (Lipinski definition) is 3. The van der Waals surface area contributed by atoms with Crippen LogP contribution in [-0.4, -0.2) is 69.8 Å². The highest BCUT2D eigenvalue weighted by atomic mass is 16.5. The molecule has 2 bridgehead atoms. The van der Waals surface area contributed by atoms with E-state index in [1.54, 1.807) is 6.33 Å². The summed E-state index contributed by atoms with van der Waals surface area (Å²) in [5, 5.41) is 19.1. The molecule has 1 amide bonds. The number of carboxylic acid groups (broad SMARTS) is 1. The van der Waals surface area contributed by atoms with Crippen LogP contribution in [0.3, 0.4) is 0 Å². The molecule has 2 aromatic rings. The van der Waals surface area contributed by atoms with Crippen LogP contribution in [0, 0.1) is 62.6 Å². The van der Waals surface area contributed by atoms with E-state index in [2.05, 4.69) is 97.7 Å². The maximum absolute atomic E-state index is 13.6. The van der Waals surface area contributed by atoms with E-state index in [1.165, 1.54) is 5.57 Å². The third kappa shape index (κ3) is 6.62. The van der Waals surface area contributed by atoms with E-state index in [0.717, 1.165) is 50.5 Å². The Labute approximate surface area is 341 Å². The molecule has 1 aromatic carbocycles. The average Bonchev–Trinajstić information content (AvgIpc) is 3.65. The second kappa shape index (κ2) is 14.9. The van der Waals surface area contributed by atoms with Crippen LogP contribution >= 0.6 is 0 Å². The lowest BCUT2D eigenvalue weighted by Gasteiger charge is -2.71. The molecule has 10 nitrogen and oxygen atoms in total. The van der Waals surface area contributed by atoms with Crippen molar-refractivity contribution >= 4 is 11.9 Å². The Hall–Kier alpha value is -3.08. The maximum Gasteiger partial charge on any atom is 0.307 e. The van der Waals surface area contributed by atoms with Gasteiger partial charge in [0, 0.05) is 22.9 Å². The molecular formula is C47H71N5O5. The number of aromatic nitrogens is 3. The van der Waals surface area contributed by atoms with E-state index in [1.807, 2.05) is 22.9 Å². The third-order valence-electron chi connectivity index (χ3n) is 17.6. The largest absolute Gasteiger partial charge is 0.481 e. The SMILES string of the molecule is CC(C)[C@@H](C)[C@@]1(C)CC[C@]2(C)[C@H]3CC[C@@H]4C5(COC[C@]4(C)[C@@H](OC[C@](C)(N)C(C)C)[C@H](n4cnc(C(=O)NCCc6ccccc6)n4)C5)C3=CC[C@@]2(C)[C@@H]1C(=O)O. The van der Waals surface area contributed by atoms with Crippen molar-refractivity contribution in [3.05, 3.63) is 59.7 Å². The van der Waals surface area contributed by atoms with Crippen molar-refractivity contribution in [2.24, 2.45) is 68.3 Å². The van der Waals surface area contributed by atoms with Gasteiger partial charge in [-0.25, -0.2) is 9.67 Å². The van der Waals surface area contributed by atoms with Crippen LogP contribution in [0.25, 0.3) is 0 Å². The summed E-state index contributed by atoms with van der Waals surface area (Å²) in [6, 6.07) is 9.90. The van der Waals surface area contributed by atoms with E-state index in [9.17, 15) is 14.7 Å². The van der Waals surface area contributed by atoms with Gasteiger partial charge in [0.25, 0.3) is 5.91 Å². The van der Waals surface area contributed by atoms with Crippen LogP contribution in [-0.2, 0) is 20.7 Å². The molecule has 2 heterocycles. The highest BCUT2D eigenvalue weighted by Gasteiger charge is 2.72. The highest BCUT2D eigenvalue weighted by molar-refractivity contribution is 5.90. The molecule has 4 aliphatic carbocycles. The number of aliphatic carboxylic acids is 1. The lowest BCUT2D eigenvalue weighted by Crippen LogP contribution is -2.69. The zero-order chi connectivity index (χ0) is 41.3. The lowest BCUT2D eigenvalue weighted by molar-refractivity contribution is -0.252. The summed E-state index contributed by atoms with van der Waals surface area (Å²) in [7, 11) is 0. The summed E-state index contributed by atoms with van der Waals surface area (Å²) in [5.74, 6) is 0.206. The van der Waals surface area contributed by atoms with Crippen LogP contribution in [0.1, 0.15) is 130 Å². The van der Waals surface area contributed by atoms with Gasteiger partial charge in [-0.15, -0.1) is 5.10 Å². The molecule has 4 fully saturated rings. The molecule has 12 atom stereocenters. The Balaban J connectivity index is 1.26. The molecular weight excluding hydrogens is 715 g/mol. The topological polar surface area (TPSA) is 142 Å². The number of hydrogen-bond acceptors (Lipinski definition) is 7. The lowest BCUT2D eigenvalue weighted by atomic mass is 9.34. The van der Waals surface area contributed by atoms with Gasteiger partial charge < -0.3 is 25.6 Å². The molecule has 1 unspecified atom stereocenters. The normalized spacial score (nSPS) is 39.0. The van der Waals surface area contributed by atoms with E-state index >= 15 is 0 Å². The molecule has 1 aliphatic heterocycles. The first-order chi connectivity index (χ1) is 26.7. The molecule has 10 heteroatoms. The minimum Gasteiger partial charge on any atom is -0.481 e. The highest BCUT2D eigenvalue weighted by Crippen LogP contribution is 2.75. The van der Waals surface area contributed by atoms with Gasteiger partial charge in [0.05, 0.1) is 37.9 Å². The molecule has 5 aliphatic rings. The first kappa shape index (κ1) is 42.1. The van der Waals surface area contributed by atoms with Gasteiger partial charge in [0.1, 0.15) is 6.33 Å². The molecule has 1 aromatic heterocycles. The number of carboxylic acids is 1. The summed E-state index contributed by atoms with van der Waals surface area (Å²) in [5.41, 5.74) is 7.40. The fourth-order valence-electron chi connectivity index (χ4n) is 13.2. The number of rotatable bonds is 12. The van der Waals surface area contributed by atoms with Crippen LogP contribution < -0.4 is 11.1 Å². The first-order valence-corrected chi connectivity index (χ1v) is 21.9. The van der Waals surface area contributed by atoms with Gasteiger partial charge in [-0.2, -0.15) is 0 Å². The Morgan fingerprint density at radius 2 is 1.77 bits per heavy atom. The molecule has 7 rings (SSSR count). The molecule has 4 N–H and O–H groups in total. The number of amides is 1. The minimum absolute atomic E-state index is 0.154. The number of fused-ring (bicyclic) bond motifs is 3. The van der Waals surface area contributed by atoms with Gasteiger partial charge in [-0.3, -0.25) is 9.59 Å². The number of nitrogens with zero attached hydrogens (tertiary/aromatic N) is 3. The molecule has 0 radical (unpaired) electrons. The number of benzene rings is 1. The zero-order valence-corrected chi connectivity index (χ0v) is 36.4. The predicted octanol–water partition coefficient (Wildman–Crippen LogP) is 8.14. The van der Waals surface area contributed by atoms with Crippen molar-refractivity contribution in [3.63, 3.8) is 0 Å². The van der Waals surface area contributed by atoms with Gasteiger partial charge in [0.15, 0.2) is 0 Å². The van der Waals surface area contributed by atoms with Crippen molar-refractivity contribution in [1.29, 1.82) is 0 Å².